The first-order valence-electron chi connectivity index (χ1n) is 15.2. The number of anilines is 2. The number of esters is 1. The molecule has 1 aromatic heterocycles. The Kier molecular flexibility index (Phi) is 9.82. The van der Waals surface area contributed by atoms with Crippen LogP contribution in [0.5, 0.6) is 0 Å². The zero-order chi connectivity index (χ0) is 36.8. The summed E-state index contributed by atoms with van der Waals surface area (Å²) in [6.07, 6.45) is -14.4. The van der Waals surface area contributed by atoms with Crippen LogP contribution in [0.1, 0.15) is 73.7 Å². The smallest absolute Gasteiger partial charge is 0.416 e. The monoisotopic (exact) mass is 714 g/mol. The highest BCUT2D eigenvalue weighted by Gasteiger charge is 2.41. The number of aromatic nitrogens is 4. The Balaban J connectivity index is 1.67. The Hall–Kier alpha value is -4.83. The van der Waals surface area contributed by atoms with Crippen molar-refractivity contribution in [1.29, 1.82) is 0 Å². The number of nitrogens with zero attached hydrogens (tertiary/aromatic N) is 6. The van der Waals surface area contributed by atoms with Crippen LogP contribution in [0.25, 0.3) is 0 Å². The van der Waals surface area contributed by atoms with E-state index < -0.39 is 53.8 Å². The van der Waals surface area contributed by atoms with Gasteiger partial charge >= 0.3 is 24.5 Å². The van der Waals surface area contributed by atoms with E-state index in [-0.39, 0.29) is 59.5 Å². The van der Waals surface area contributed by atoms with Crippen molar-refractivity contribution in [3.63, 3.8) is 0 Å². The maximum Gasteiger partial charge on any atom is 0.416 e. The van der Waals surface area contributed by atoms with Crippen molar-refractivity contribution in [3.05, 3.63) is 98.6 Å². The molecule has 0 fully saturated rings. The summed E-state index contributed by atoms with van der Waals surface area (Å²) in [6.45, 7) is 2.43. The molecule has 17 heteroatoms. The van der Waals surface area contributed by atoms with Crippen molar-refractivity contribution in [2.45, 2.75) is 64.3 Å². The average molecular weight is 715 g/mol. The first kappa shape index (κ1) is 36.5. The number of hydrogen-bond acceptors (Lipinski definition) is 7. The normalized spacial score (nSPS) is 15.5. The van der Waals surface area contributed by atoms with Gasteiger partial charge in [-0.25, -0.2) is 4.79 Å². The molecule has 0 bridgehead atoms. The lowest BCUT2D eigenvalue weighted by Gasteiger charge is -2.34. The van der Waals surface area contributed by atoms with Gasteiger partial charge in [-0.2, -0.15) is 44.3 Å². The fourth-order valence-electron chi connectivity index (χ4n) is 6.44. The van der Waals surface area contributed by atoms with Gasteiger partial charge in [0.1, 0.15) is 0 Å². The Morgan fingerprint density at radius 1 is 0.900 bits per heavy atom. The predicted octanol–water partition coefficient (Wildman–Crippen LogP) is 8.22. The molecule has 1 atom stereocenters. The molecule has 0 N–H and O–H groups in total. The highest BCUT2D eigenvalue weighted by molar-refractivity contribution is 5.89. The van der Waals surface area contributed by atoms with Crippen LogP contribution in [0.3, 0.4) is 0 Å². The molecule has 50 heavy (non-hydrogen) atoms. The molecule has 0 aliphatic carbocycles. The second-order valence-corrected chi connectivity index (χ2v) is 12.0. The SMILES string of the molecule is COC(=O)c1ccc(CN2CCCC(N(Cc3cc(C(F)(F)F)cc(C(F)(F)F)c3)c3nnn(C)n3)c3cc(C)c(C(F)(F)F)c(C)c32)cc1. The van der Waals surface area contributed by atoms with Crippen molar-refractivity contribution in [3.8, 4) is 0 Å². The van der Waals surface area contributed by atoms with E-state index in [0.717, 1.165) is 4.80 Å². The summed E-state index contributed by atoms with van der Waals surface area (Å²) < 4.78 is 131. The van der Waals surface area contributed by atoms with Crippen LogP contribution in [0.15, 0.2) is 48.5 Å². The number of methoxy groups -OCH3 is 1. The van der Waals surface area contributed by atoms with Crippen LogP contribution < -0.4 is 9.80 Å². The highest BCUT2D eigenvalue weighted by atomic mass is 19.4. The third-order valence-corrected chi connectivity index (χ3v) is 8.51. The fourth-order valence-corrected chi connectivity index (χ4v) is 6.44. The van der Waals surface area contributed by atoms with Gasteiger partial charge in [0.15, 0.2) is 0 Å². The van der Waals surface area contributed by atoms with E-state index in [9.17, 15) is 44.3 Å². The van der Waals surface area contributed by atoms with Crippen molar-refractivity contribution >= 4 is 17.6 Å². The van der Waals surface area contributed by atoms with Crippen molar-refractivity contribution in [2.24, 2.45) is 7.05 Å². The average Bonchev–Trinajstić information content (AvgIpc) is 3.37. The van der Waals surface area contributed by atoms with Crippen LogP contribution in [0.2, 0.25) is 0 Å². The van der Waals surface area contributed by atoms with Gasteiger partial charge in [0.25, 0.3) is 5.95 Å². The number of halogens is 9. The second-order valence-electron chi connectivity index (χ2n) is 12.0. The molecule has 1 aliphatic heterocycles. The third kappa shape index (κ3) is 7.65. The van der Waals surface area contributed by atoms with E-state index in [1.165, 1.54) is 51.1 Å². The summed E-state index contributed by atoms with van der Waals surface area (Å²) >= 11 is 0. The maximum atomic E-state index is 14.5. The molecule has 268 valence electrons. The molecule has 0 saturated heterocycles. The summed E-state index contributed by atoms with van der Waals surface area (Å²) in [6, 6.07) is 8.02. The number of rotatable bonds is 7. The van der Waals surface area contributed by atoms with Gasteiger partial charge in [0.05, 0.1) is 42.5 Å². The van der Waals surface area contributed by atoms with Gasteiger partial charge in [0.2, 0.25) is 0 Å². The summed E-state index contributed by atoms with van der Waals surface area (Å²) in [7, 11) is 2.64. The summed E-state index contributed by atoms with van der Waals surface area (Å²) in [5, 5.41) is 12.0. The van der Waals surface area contributed by atoms with E-state index in [1.807, 2.05) is 0 Å². The van der Waals surface area contributed by atoms with E-state index in [0.29, 0.717) is 29.7 Å². The zero-order valence-electron chi connectivity index (χ0n) is 27.1. The lowest BCUT2D eigenvalue weighted by atomic mass is 9.90. The number of carbonyl (C=O) groups is 1. The Morgan fingerprint density at radius 2 is 1.52 bits per heavy atom. The number of ether oxygens (including phenoxy) is 1. The first-order chi connectivity index (χ1) is 23.3. The van der Waals surface area contributed by atoms with E-state index in [4.69, 9.17) is 4.74 Å². The first-order valence-corrected chi connectivity index (χ1v) is 15.2. The van der Waals surface area contributed by atoms with E-state index >= 15 is 0 Å². The molecule has 0 amide bonds. The Morgan fingerprint density at radius 3 is 2.04 bits per heavy atom. The molecule has 4 aromatic rings. The highest BCUT2D eigenvalue weighted by Crippen LogP contribution is 2.47. The molecule has 3 aromatic carbocycles. The molecular formula is C33H31F9N6O2. The number of hydrogen-bond donors (Lipinski definition) is 0. The minimum absolute atomic E-state index is 0.0241. The molecule has 0 radical (unpaired) electrons. The van der Waals surface area contributed by atoms with Crippen molar-refractivity contribution < 1.29 is 49.0 Å². The molecule has 0 spiro atoms. The quantitative estimate of drug-likeness (QED) is 0.141. The van der Waals surface area contributed by atoms with Crippen molar-refractivity contribution in [2.75, 3.05) is 23.5 Å². The van der Waals surface area contributed by atoms with Crippen LogP contribution in [0.4, 0.5) is 51.1 Å². The molecule has 5 rings (SSSR count). The molecule has 0 saturated carbocycles. The zero-order valence-corrected chi connectivity index (χ0v) is 27.1. The van der Waals surface area contributed by atoms with Gasteiger partial charge < -0.3 is 14.5 Å². The number of fused-ring (bicyclic) bond motifs is 1. The number of benzene rings is 3. The van der Waals surface area contributed by atoms with E-state index in [2.05, 4.69) is 15.4 Å². The lowest BCUT2D eigenvalue weighted by Crippen LogP contribution is -2.31. The standard InChI is InChI=1S/C33H31F9N6O2/c1-18-12-25-26(48(30-43-45-46(3)44-30)17-21-13-23(31(34,35)36)15-24(14-21)32(37,38)39)6-5-11-47(28(25)19(2)27(18)33(40,41)42)16-20-7-9-22(10-8-20)29(49)50-4/h7-10,12-15,26H,5-6,11,16-17H2,1-4H3. The number of tetrazole rings is 1. The summed E-state index contributed by atoms with van der Waals surface area (Å²) in [4.78, 5) is 16.1. The van der Waals surface area contributed by atoms with Gasteiger partial charge in [-0.15, -0.1) is 5.10 Å². The van der Waals surface area contributed by atoms with Gasteiger partial charge in [0, 0.05) is 25.3 Å². The third-order valence-electron chi connectivity index (χ3n) is 8.51. The topological polar surface area (TPSA) is 76.4 Å². The summed E-state index contributed by atoms with van der Waals surface area (Å²) in [5.74, 6) is -0.710. The Bertz CT molecular complexity index is 1840. The van der Waals surface area contributed by atoms with Crippen LogP contribution in [0, 0.1) is 13.8 Å². The summed E-state index contributed by atoms with van der Waals surface area (Å²) in [5.41, 5.74) is -2.98. The second kappa shape index (κ2) is 13.5. The molecule has 1 unspecified atom stereocenters. The maximum absolute atomic E-state index is 14.5. The molecular weight excluding hydrogens is 683 g/mol. The predicted molar refractivity (Wildman–Crippen MR) is 163 cm³/mol. The lowest BCUT2D eigenvalue weighted by molar-refractivity contribution is -0.143. The van der Waals surface area contributed by atoms with Crippen molar-refractivity contribution in [1.82, 2.24) is 20.2 Å². The van der Waals surface area contributed by atoms with Gasteiger partial charge in [-0.05, 0) is 90.1 Å². The van der Waals surface area contributed by atoms with Gasteiger partial charge in [-0.3, -0.25) is 0 Å². The van der Waals surface area contributed by atoms with E-state index in [1.54, 1.807) is 17.0 Å². The number of carbonyl (C=O) groups excluding carboxylic acids is 1. The molecule has 2 heterocycles. The van der Waals surface area contributed by atoms with Crippen LogP contribution in [-0.2, 0) is 43.4 Å². The molecule has 1 aliphatic rings. The minimum Gasteiger partial charge on any atom is -0.465 e. The largest absolute Gasteiger partial charge is 0.465 e. The minimum atomic E-state index is -5.10. The fraction of sp³-hybridized carbons (Fsp3) is 0.394. The van der Waals surface area contributed by atoms with Gasteiger partial charge in [-0.1, -0.05) is 23.3 Å². The number of alkyl halides is 9. The molecule has 8 nitrogen and oxygen atoms in total. The Labute approximate surface area is 280 Å². The van der Waals surface area contributed by atoms with Crippen LogP contribution >= 0.6 is 0 Å². The number of aryl methyl sites for hydroxylation is 2. The van der Waals surface area contributed by atoms with Crippen LogP contribution in [-0.4, -0.2) is 39.8 Å².